The zero-order valence-electron chi connectivity index (χ0n) is 12.0. The van der Waals surface area contributed by atoms with E-state index in [-0.39, 0.29) is 16.1 Å². The first-order chi connectivity index (χ1) is 8.03. The Bertz CT molecular complexity index is 375. The van der Waals surface area contributed by atoms with Crippen molar-refractivity contribution in [2.75, 3.05) is 14.2 Å². The van der Waals surface area contributed by atoms with Crippen LogP contribution < -0.4 is 0 Å². The molecule has 0 spiro atoms. The highest BCUT2D eigenvalue weighted by Crippen LogP contribution is 2.70. The number of hydrogen-bond acceptors (Lipinski definition) is 4. The second-order valence-electron chi connectivity index (χ2n) is 5.23. The minimum Gasteiger partial charge on any atom is -0.465 e. The maximum Gasteiger partial charge on any atom is 0.346 e. The van der Waals surface area contributed by atoms with E-state index in [9.17, 15) is 9.59 Å². The van der Waals surface area contributed by atoms with Crippen LogP contribution in [0, 0.1) is 0 Å². The molecule has 6 heteroatoms. The summed E-state index contributed by atoms with van der Waals surface area (Å²) >= 11 is 3.69. The van der Waals surface area contributed by atoms with Crippen LogP contribution in [0.5, 0.6) is 0 Å². The Morgan fingerprint density at radius 2 is 1.39 bits per heavy atom. The van der Waals surface area contributed by atoms with Crippen LogP contribution in [0.25, 0.3) is 0 Å². The number of carbonyl (C=O) groups is 2. The van der Waals surface area contributed by atoms with E-state index in [2.05, 4.69) is 15.5 Å². The standard InChI is InChI=1S/C12H22BrO4P/c1-8(2)18(13,12(3,4)5)9(10(14)16-6)11(15)17-7/h8H,1-7H3. The monoisotopic (exact) mass is 340 g/mol. The van der Waals surface area contributed by atoms with Crippen LogP contribution in [0.2, 0.25) is 0 Å². The van der Waals surface area contributed by atoms with E-state index >= 15 is 0 Å². The average Bonchev–Trinajstić information content (AvgIpc) is 2.26. The fourth-order valence-corrected chi connectivity index (χ4v) is 6.23. The number of esters is 2. The minimum absolute atomic E-state index is 0.106. The third-order valence-electron chi connectivity index (χ3n) is 2.77. The van der Waals surface area contributed by atoms with Crippen molar-refractivity contribution in [1.82, 2.24) is 0 Å². The highest BCUT2D eigenvalue weighted by Gasteiger charge is 2.42. The van der Waals surface area contributed by atoms with Gasteiger partial charge in [-0.05, 0) is 16.4 Å². The van der Waals surface area contributed by atoms with Crippen LogP contribution >= 0.6 is 21.1 Å². The van der Waals surface area contributed by atoms with Gasteiger partial charge < -0.3 is 9.47 Å². The van der Waals surface area contributed by atoms with Crippen molar-refractivity contribution in [3.8, 4) is 0 Å². The lowest BCUT2D eigenvalue weighted by atomic mass is 10.3. The van der Waals surface area contributed by atoms with Crippen LogP contribution in [0.1, 0.15) is 34.6 Å². The molecule has 0 amide bonds. The van der Waals surface area contributed by atoms with Gasteiger partial charge in [0.15, 0.2) is 5.29 Å². The molecule has 18 heavy (non-hydrogen) atoms. The number of rotatable bonds is 3. The van der Waals surface area contributed by atoms with Gasteiger partial charge in [0, 0.05) is 0 Å². The second-order valence-corrected chi connectivity index (χ2v) is 12.7. The smallest absolute Gasteiger partial charge is 0.346 e. The molecule has 0 radical (unpaired) electrons. The van der Waals surface area contributed by atoms with Crippen molar-refractivity contribution in [3.05, 3.63) is 0 Å². The van der Waals surface area contributed by atoms with Gasteiger partial charge in [0.2, 0.25) is 0 Å². The van der Waals surface area contributed by atoms with Crippen molar-refractivity contribution in [3.63, 3.8) is 0 Å². The van der Waals surface area contributed by atoms with E-state index in [1.54, 1.807) is 0 Å². The number of ether oxygens (including phenoxy) is 2. The van der Waals surface area contributed by atoms with Gasteiger partial charge in [0.1, 0.15) is 0 Å². The van der Waals surface area contributed by atoms with Crippen LogP contribution in [0.3, 0.4) is 0 Å². The first-order valence-electron chi connectivity index (χ1n) is 5.66. The van der Waals surface area contributed by atoms with E-state index < -0.39 is 17.5 Å². The molecule has 0 aromatic carbocycles. The summed E-state index contributed by atoms with van der Waals surface area (Å²) in [6, 6.07) is 0. The van der Waals surface area contributed by atoms with Gasteiger partial charge in [-0.2, -0.15) is 0 Å². The summed E-state index contributed by atoms with van der Waals surface area (Å²) in [5.41, 5.74) is -2.08. The SMILES string of the molecule is COC(=O)C(C(=O)OC)=P(Br)(C(C)C)C(C)(C)C. The molecule has 0 fully saturated rings. The van der Waals surface area contributed by atoms with Gasteiger partial charge in [-0.25, -0.2) is 9.59 Å². The first kappa shape index (κ1) is 17.7. The Morgan fingerprint density at radius 1 is 1.06 bits per heavy atom. The minimum atomic E-state index is -2.20. The largest absolute Gasteiger partial charge is 0.465 e. The molecule has 0 saturated carbocycles. The fraction of sp³-hybridized carbons (Fsp3) is 0.750. The molecule has 0 rings (SSSR count). The molecular weight excluding hydrogens is 319 g/mol. The van der Waals surface area contributed by atoms with Crippen molar-refractivity contribution in [2.45, 2.75) is 45.4 Å². The zero-order chi connectivity index (χ0) is 14.7. The molecule has 4 nitrogen and oxygen atoms in total. The van der Waals surface area contributed by atoms with Crippen LogP contribution in [-0.4, -0.2) is 42.3 Å². The Hall–Kier alpha value is -0.280. The summed E-state index contributed by atoms with van der Waals surface area (Å²) in [5, 5.41) is -0.145. The highest BCUT2D eigenvalue weighted by molar-refractivity contribution is 9.42. The Balaban J connectivity index is 6.41. The predicted molar refractivity (Wildman–Crippen MR) is 79.8 cm³/mol. The van der Waals surface area contributed by atoms with Crippen LogP contribution in [0.15, 0.2) is 0 Å². The van der Waals surface area contributed by atoms with Crippen molar-refractivity contribution < 1.29 is 19.1 Å². The van der Waals surface area contributed by atoms with E-state index in [1.807, 2.05) is 34.6 Å². The van der Waals surface area contributed by atoms with Gasteiger partial charge in [-0.3, -0.25) is 0 Å². The van der Waals surface area contributed by atoms with Crippen molar-refractivity contribution in [2.24, 2.45) is 0 Å². The van der Waals surface area contributed by atoms with Gasteiger partial charge in [-0.1, -0.05) is 50.1 Å². The van der Waals surface area contributed by atoms with Crippen molar-refractivity contribution in [1.29, 1.82) is 0 Å². The summed E-state index contributed by atoms with van der Waals surface area (Å²) in [5.74, 6) is -1.23. The number of carbonyl (C=O) groups excluding carboxylic acids is 2. The molecule has 1 atom stereocenters. The molecule has 0 heterocycles. The lowest BCUT2D eigenvalue weighted by Gasteiger charge is -2.38. The topological polar surface area (TPSA) is 52.6 Å². The van der Waals surface area contributed by atoms with E-state index in [0.717, 1.165) is 0 Å². The molecule has 0 aliphatic heterocycles. The van der Waals surface area contributed by atoms with Crippen molar-refractivity contribution >= 4 is 38.3 Å². The van der Waals surface area contributed by atoms with E-state index in [0.29, 0.717) is 0 Å². The number of halogens is 1. The number of hydrogen-bond donors (Lipinski definition) is 0. The molecule has 0 saturated heterocycles. The summed E-state index contributed by atoms with van der Waals surface area (Å²) < 4.78 is 9.50. The Kier molecular flexibility index (Phi) is 6.15. The third-order valence-corrected chi connectivity index (χ3v) is 13.9. The van der Waals surface area contributed by atoms with E-state index in [1.165, 1.54) is 14.2 Å². The van der Waals surface area contributed by atoms with Gasteiger partial charge in [0.25, 0.3) is 0 Å². The summed E-state index contributed by atoms with van der Waals surface area (Å²) in [6.07, 6.45) is 0. The molecule has 0 aliphatic rings. The first-order valence-corrected chi connectivity index (χ1v) is 9.54. The molecular formula is C12H22BrO4P. The molecule has 0 N–H and O–H groups in total. The predicted octanol–water partition coefficient (Wildman–Crippen LogP) is 3.04. The maximum atomic E-state index is 11.9. The lowest BCUT2D eigenvalue weighted by Crippen LogP contribution is -2.33. The Labute approximate surface area is 117 Å². The molecule has 106 valence electrons. The van der Waals surface area contributed by atoms with Crippen LogP contribution in [0.4, 0.5) is 0 Å². The molecule has 0 bridgehead atoms. The Morgan fingerprint density at radius 3 is 1.56 bits per heavy atom. The quantitative estimate of drug-likeness (QED) is 0.450. The lowest BCUT2D eigenvalue weighted by molar-refractivity contribution is -0.137. The van der Waals surface area contributed by atoms with Gasteiger partial charge in [-0.15, -0.1) is 0 Å². The average molecular weight is 341 g/mol. The van der Waals surface area contributed by atoms with Crippen LogP contribution in [-0.2, 0) is 19.1 Å². The zero-order valence-corrected chi connectivity index (χ0v) is 14.5. The highest BCUT2D eigenvalue weighted by atomic mass is 79.9. The van der Waals surface area contributed by atoms with E-state index in [4.69, 9.17) is 9.47 Å². The summed E-state index contributed by atoms with van der Waals surface area (Å²) in [4.78, 5) is 23.9. The fourth-order valence-electron chi connectivity index (χ4n) is 1.91. The maximum absolute atomic E-state index is 11.9. The molecule has 0 aliphatic carbocycles. The van der Waals surface area contributed by atoms with Gasteiger partial charge in [0.05, 0.1) is 14.2 Å². The third kappa shape index (κ3) is 3.18. The summed E-state index contributed by atoms with van der Waals surface area (Å²) in [6.45, 7) is 9.98. The molecule has 0 aromatic heterocycles. The van der Waals surface area contributed by atoms with Gasteiger partial charge >= 0.3 is 11.9 Å². The number of methoxy groups -OCH3 is 2. The summed E-state index contributed by atoms with van der Waals surface area (Å²) in [7, 11) is 2.54. The molecule has 0 aromatic rings. The second kappa shape index (κ2) is 6.25. The normalized spacial score (nSPS) is 14.9. The molecule has 1 unspecified atom stereocenters.